The van der Waals surface area contributed by atoms with Gasteiger partial charge in [-0.2, -0.15) is 0 Å². The van der Waals surface area contributed by atoms with E-state index < -0.39 is 5.82 Å². The number of carbonyl (C=O) groups excluding carboxylic acids is 1. The van der Waals surface area contributed by atoms with E-state index >= 15 is 0 Å². The number of hydrogen-bond acceptors (Lipinski definition) is 2. The molecule has 0 aliphatic rings. The van der Waals surface area contributed by atoms with Crippen LogP contribution in [0.1, 0.15) is 10.4 Å². The van der Waals surface area contributed by atoms with Crippen LogP contribution in [-0.2, 0) is 0 Å². The highest BCUT2D eigenvalue weighted by Gasteiger charge is 2.11. The van der Waals surface area contributed by atoms with Crippen molar-refractivity contribution in [3.63, 3.8) is 0 Å². The zero-order valence-electron chi connectivity index (χ0n) is 6.38. The summed E-state index contributed by atoms with van der Waals surface area (Å²) in [5.41, 5.74) is 0.0925. The highest BCUT2D eigenvalue weighted by molar-refractivity contribution is 9.10. The van der Waals surface area contributed by atoms with E-state index in [2.05, 4.69) is 15.9 Å². The third-order valence-corrected chi connectivity index (χ3v) is 3.82. The second-order valence-corrected chi connectivity index (χ2v) is 4.25. The van der Waals surface area contributed by atoms with Crippen molar-refractivity contribution in [3.8, 4) is 0 Å². The van der Waals surface area contributed by atoms with Gasteiger partial charge in [-0.15, -0.1) is 11.3 Å². The Balaban J connectivity index is 2.92. The molecule has 0 radical (unpaired) electrons. The second kappa shape index (κ2) is 3.20. The van der Waals surface area contributed by atoms with Gasteiger partial charge >= 0.3 is 0 Å². The van der Waals surface area contributed by atoms with Gasteiger partial charge in [-0.3, -0.25) is 4.79 Å². The first-order chi connectivity index (χ1) is 6.24. The molecule has 0 aliphatic heterocycles. The Morgan fingerprint density at radius 3 is 3.00 bits per heavy atom. The van der Waals surface area contributed by atoms with Gasteiger partial charge in [0.25, 0.3) is 0 Å². The van der Waals surface area contributed by atoms with Crippen LogP contribution in [0.25, 0.3) is 10.1 Å². The molecule has 13 heavy (non-hydrogen) atoms. The molecule has 0 bridgehead atoms. The van der Waals surface area contributed by atoms with E-state index in [0.717, 1.165) is 10.1 Å². The van der Waals surface area contributed by atoms with Crippen LogP contribution >= 0.6 is 27.3 Å². The fraction of sp³-hybridized carbons (Fsp3) is 0. The third-order valence-electron chi connectivity index (χ3n) is 1.79. The first kappa shape index (κ1) is 8.84. The van der Waals surface area contributed by atoms with Crippen molar-refractivity contribution in [1.82, 2.24) is 0 Å². The van der Waals surface area contributed by atoms with E-state index in [9.17, 15) is 9.18 Å². The zero-order valence-corrected chi connectivity index (χ0v) is 8.78. The van der Waals surface area contributed by atoms with E-state index in [4.69, 9.17) is 0 Å². The lowest BCUT2D eigenvalue weighted by Crippen LogP contribution is -1.88. The molecule has 1 aromatic carbocycles. The lowest BCUT2D eigenvalue weighted by molar-refractivity contribution is 0.111. The van der Waals surface area contributed by atoms with Crippen LogP contribution in [0.4, 0.5) is 4.39 Å². The summed E-state index contributed by atoms with van der Waals surface area (Å²) in [5.74, 6) is -0.479. The normalized spacial score (nSPS) is 10.6. The molecular weight excluding hydrogens is 255 g/mol. The van der Waals surface area contributed by atoms with Crippen molar-refractivity contribution in [2.24, 2.45) is 0 Å². The molecule has 0 saturated heterocycles. The van der Waals surface area contributed by atoms with Gasteiger partial charge in [0.2, 0.25) is 0 Å². The maximum atomic E-state index is 13.2. The molecule has 1 heterocycles. The van der Waals surface area contributed by atoms with Crippen molar-refractivity contribution in [1.29, 1.82) is 0 Å². The van der Waals surface area contributed by atoms with Crippen LogP contribution in [0.2, 0.25) is 0 Å². The molecule has 0 saturated carbocycles. The molecule has 1 aromatic heterocycles. The predicted octanol–water partition coefficient (Wildman–Crippen LogP) is 3.62. The number of rotatable bonds is 1. The Kier molecular flexibility index (Phi) is 2.17. The summed E-state index contributed by atoms with van der Waals surface area (Å²) in [6.07, 6.45) is 0.526. The van der Waals surface area contributed by atoms with Gasteiger partial charge < -0.3 is 0 Å². The molecule has 2 aromatic rings. The van der Waals surface area contributed by atoms with Crippen molar-refractivity contribution >= 4 is 43.6 Å². The predicted molar refractivity (Wildman–Crippen MR) is 54.9 cm³/mol. The number of hydrogen-bond donors (Lipinski definition) is 0. The van der Waals surface area contributed by atoms with Crippen LogP contribution in [0.15, 0.2) is 22.0 Å². The molecule has 0 unspecified atom stereocenters. The van der Waals surface area contributed by atoms with Gasteiger partial charge in [0.05, 0.1) is 5.56 Å². The number of halogens is 2. The SMILES string of the molecule is O=Cc1c(F)cc2ccsc2c1Br. The molecule has 2 rings (SSSR count). The summed E-state index contributed by atoms with van der Waals surface area (Å²) < 4.78 is 14.7. The molecule has 0 spiro atoms. The largest absolute Gasteiger partial charge is 0.298 e. The van der Waals surface area contributed by atoms with Crippen LogP contribution in [0.3, 0.4) is 0 Å². The quantitative estimate of drug-likeness (QED) is 0.715. The van der Waals surface area contributed by atoms with Crippen molar-refractivity contribution in [2.75, 3.05) is 0 Å². The molecular formula is C9H4BrFOS. The highest BCUT2D eigenvalue weighted by atomic mass is 79.9. The third kappa shape index (κ3) is 1.30. The Morgan fingerprint density at radius 1 is 1.54 bits per heavy atom. The Bertz CT molecular complexity index is 478. The summed E-state index contributed by atoms with van der Waals surface area (Å²) in [7, 11) is 0. The summed E-state index contributed by atoms with van der Waals surface area (Å²) in [5, 5.41) is 2.68. The average Bonchev–Trinajstić information content (AvgIpc) is 2.53. The van der Waals surface area contributed by atoms with Crippen LogP contribution in [0.5, 0.6) is 0 Å². The van der Waals surface area contributed by atoms with E-state index in [0.29, 0.717) is 10.8 Å². The number of carbonyl (C=O) groups is 1. The first-order valence-electron chi connectivity index (χ1n) is 3.54. The lowest BCUT2D eigenvalue weighted by atomic mass is 10.2. The van der Waals surface area contributed by atoms with E-state index in [1.54, 1.807) is 0 Å². The average molecular weight is 259 g/mol. The summed E-state index contributed by atoms with van der Waals surface area (Å²) in [6.45, 7) is 0. The van der Waals surface area contributed by atoms with Crippen molar-refractivity contribution in [3.05, 3.63) is 33.4 Å². The molecule has 0 N–H and O–H groups in total. The van der Waals surface area contributed by atoms with Gasteiger partial charge in [-0.05, 0) is 38.8 Å². The molecule has 0 fully saturated rings. The van der Waals surface area contributed by atoms with Gasteiger partial charge in [-0.1, -0.05) is 0 Å². The van der Waals surface area contributed by atoms with Crippen molar-refractivity contribution < 1.29 is 9.18 Å². The monoisotopic (exact) mass is 258 g/mol. The molecule has 4 heteroatoms. The van der Waals surface area contributed by atoms with Crippen molar-refractivity contribution in [2.45, 2.75) is 0 Å². The number of aldehydes is 1. The molecule has 1 nitrogen and oxygen atoms in total. The summed E-state index contributed by atoms with van der Waals surface area (Å²) in [6, 6.07) is 3.20. The van der Waals surface area contributed by atoms with Gasteiger partial charge in [-0.25, -0.2) is 4.39 Å². The minimum Gasteiger partial charge on any atom is -0.298 e. The summed E-state index contributed by atoms with van der Waals surface area (Å²) in [4.78, 5) is 10.5. The van der Waals surface area contributed by atoms with Gasteiger partial charge in [0.1, 0.15) is 5.82 Å². The van der Waals surface area contributed by atoms with Gasteiger partial charge in [0, 0.05) is 9.17 Å². The van der Waals surface area contributed by atoms with E-state index in [1.807, 2.05) is 11.4 Å². The van der Waals surface area contributed by atoms with Crippen LogP contribution in [0, 0.1) is 5.82 Å². The molecule has 0 aliphatic carbocycles. The lowest BCUT2D eigenvalue weighted by Gasteiger charge is -1.99. The first-order valence-corrected chi connectivity index (χ1v) is 5.21. The maximum absolute atomic E-state index is 13.2. The van der Waals surface area contributed by atoms with E-state index in [1.165, 1.54) is 17.4 Å². The number of benzene rings is 1. The number of thiophene rings is 1. The van der Waals surface area contributed by atoms with E-state index in [-0.39, 0.29) is 5.56 Å². The molecule has 66 valence electrons. The Morgan fingerprint density at radius 2 is 2.31 bits per heavy atom. The topological polar surface area (TPSA) is 17.1 Å². The van der Waals surface area contributed by atoms with Gasteiger partial charge in [0.15, 0.2) is 6.29 Å². The minimum absolute atomic E-state index is 0.0925. The fourth-order valence-corrected chi connectivity index (χ4v) is 2.78. The minimum atomic E-state index is -0.479. The number of fused-ring (bicyclic) bond motifs is 1. The Labute approximate surface area is 86.3 Å². The van der Waals surface area contributed by atoms with Crippen LogP contribution < -0.4 is 0 Å². The second-order valence-electron chi connectivity index (χ2n) is 2.54. The highest BCUT2D eigenvalue weighted by Crippen LogP contribution is 2.32. The van der Waals surface area contributed by atoms with Crippen LogP contribution in [-0.4, -0.2) is 6.29 Å². The standard InChI is InChI=1S/C9H4BrFOS/c10-8-6(4-12)7(11)3-5-1-2-13-9(5)8/h1-4H. The Hall–Kier alpha value is -0.740. The maximum Gasteiger partial charge on any atom is 0.154 e. The fourth-order valence-electron chi connectivity index (χ4n) is 1.16. The zero-order chi connectivity index (χ0) is 9.42. The molecule has 0 amide bonds. The summed E-state index contributed by atoms with van der Waals surface area (Å²) >= 11 is 4.69. The molecule has 0 atom stereocenters. The smallest absolute Gasteiger partial charge is 0.154 e.